The number of carbonyl (C=O) groups is 10. The van der Waals surface area contributed by atoms with Crippen LogP contribution < -0.4 is 0 Å². The lowest BCUT2D eigenvalue weighted by Crippen LogP contribution is -2.48. The molecule has 0 aromatic heterocycles. The number of rotatable bonds is 1. The van der Waals surface area contributed by atoms with Gasteiger partial charge in [-0.3, -0.25) is 47.9 Å². The van der Waals surface area contributed by atoms with E-state index >= 15 is 0 Å². The molecule has 115 heavy (non-hydrogen) atoms. The van der Waals surface area contributed by atoms with Gasteiger partial charge in [0.15, 0.2) is 5.79 Å². The highest BCUT2D eigenvalue weighted by Crippen LogP contribution is 2.56. The van der Waals surface area contributed by atoms with E-state index in [1.165, 1.54) is 83.6 Å². The molecule has 16 aliphatic rings. The van der Waals surface area contributed by atoms with E-state index in [0.717, 1.165) is 146 Å². The van der Waals surface area contributed by atoms with E-state index in [9.17, 15) is 47.9 Å². The van der Waals surface area contributed by atoms with Gasteiger partial charge in [0.05, 0.1) is 26.4 Å². The van der Waals surface area contributed by atoms with Crippen LogP contribution in [0.15, 0.2) is 176 Å². The fourth-order valence-corrected chi connectivity index (χ4v) is 25.6. The molecule has 0 amide bonds. The fraction of sp³-hybridized carbons (Fsp3) is 0.385. The van der Waals surface area contributed by atoms with E-state index in [0.29, 0.717) is 125 Å². The summed E-state index contributed by atoms with van der Waals surface area (Å²) in [6, 6.07) is 47.0. The van der Waals surface area contributed by atoms with Crippen molar-refractivity contribution in [3.05, 3.63) is 237 Å². The minimum atomic E-state index is -0.441. The normalized spacial score (nSPS) is 23.8. The lowest BCUT2D eigenvalue weighted by atomic mass is 9.76. The molecule has 6 spiro atoms. The molecular formula is C91H82O18S6. The SMILES string of the molecule is O=C1C(=O)c2ccccc2C2=C1SCC1(CCC(c3ccccc3)CC1)O2.O=C1C(=O)c2ccccc2C2=C1SCC1(CCC3(CC1)OCCO3)O2.O=C1C(=O)c2ccccc2C2=C1SCC1(CCCCC1)O2.O=C1C(=O)c2ccccc2C2=C1SCC1(CCOCC1)O2.O=C1C(=O)c2ccccc2C2=C1SCC1(CCSCC1)O2. The van der Waals surface area contributed by atoms with Crippen LogP contribution in [-0.2, 0) is 61.9 Å². The zero-order chi connectivity index (χ0) is 78.9. The van der Waals surface area contributed by atoms with Crippen LogP contribution in [0.4, 0.5) is 0 Å². The molecule has 6 aromatic carbocycles. The number of thioether (sulfide) groups is 6. The Hall–Kier alpha value is -8.30. The maximum atomic E-state index is 12.5. The van der Waals surface area contributed by atoms with Gasteiger partial charge in [0.25, 0.3) is 0 Å². The largest absolute Gasteiger partial charge is 0.484 e. The smallest absolute Gasteiger partial charge is 0.243 e. The van der Waals surface area contributed by atoms with Crippen LogP contribution in [0.2, 0.25) is 0 Å². The second kappa shape index (κ2) is 31.9. The van der Waals surface area contributed by atoms with Crippen LogP contribution in [0.25, 0.3) is 28.8 Å². The first-order valence-corrected chi connectivity index (χ1v) is 45.7. The predicted molar refractivity (Wildman–Crippen MR) is 445 cm³/mol. The van der Waals surface area contributed by atoms with Crippen molar-refractivity contribution in [2.24, 2.45) is 0 Å². The number of fused-ring (bicyclic) bond motifs is 10. The molecule has 6 fully saturated rings. The van der Waals surface area contributed by atoms with E-state index in [1.807, 2.05) is 72.4 Å². The Bertz CT molecular complexity index is 4980. The first-order chi connectivity index (χ1) is 55.9. The molecule has 6 aromatic rings. The molecule has 0 N–H and O–H groups in total. The number of hydrogen-bond donors (Lipinski definition) is 0. The van der Waals surface area contributed by atoms with Gasteiger partial charge in [-0.05, 0) is 100 Å². The summed E-state index contributed by atoms with van der Waals surface area (Å²) >= 11 is 9.39. The third-order valence-corrected chi connectivity index (χ3v) is 32.3. The Morgan fingerprint density at radius 2 is 0.539 bits per heavy atom. The van der Waals surface area contributed by atoms with Crippen LogP contribution >= 0.6 is 70.6 Å². The lowest BCUT2D eigenvalue weighted by Gasteiger charge is -2.46. The van der Waals surface area contributed by atoms with Gasteiger partial charge >= 0.3 is 0 Å². The van der Waals surface area contributed by atoms with Crippen molar-refractivity contribution < 1.29 is 85.8 Å². The van der Waals surface area contributed by atoms with Crippen molar-refractivity contribution in [2.75, 3.05) is 66.7 Å². The van der Waals surface area contributed by atoms with Gasteiger partial charge in [-0.25, -0.2) is 0 Å². The third kappa shape index (κ3) is 14.6. The van der Waals surface area contributed by atoms with Crippen LogP contribution in [-0.4, -0.2) is 158 Å². The summed E-state index contributed by atoms with van der Waals surface area (Å²) in [6.45, 7) is 2.67. The van der Waals surface area contributed by atoms with Gasteiger partial charge in [-0.1, -0.05) is 158 Å². The molecule has 0 bridgehead atoms. The second-order valence-electron chi connectivity index (χ2n) is 31.8. The van der Waals surface area contributed by atoms with Crippen LogP contribution in [0.1, 0.15) is 200 Å². The zero-order valence-electron chi connectivity index (χ0n) is 63.1. The lowest BCUT2D eigenvalue weighted by molar-refractivity contribution is -0.198. The molecule has 8 aliphatic carbocycles. The van der Waals surface area contributed by atoms with Gasteiger partial charge < -0.3 is 37.9 Å². The van der Waals surface area contributed by atoms with Crippen molar-refractivity contribution in [3.8, 4) is 0 Å². The van der Waals surface area contributed by atoms with Gasteiger partial charge in [0.1, 0.15) is 81.3 Å². The molecule has 3 saturated heterocycles. The van der Waals surface area contributed by atoms with Crippen molar-refractivity contribution in [3.63, 3.8) is 0 Å². The van der Waals surface area contributed by atoms with Crippen molar-refractivity contribution in [1.82, 2.24) is 0 Å². The van der Waals surface area contributed by atoms with Crippen molar-refractivity contribution >= 4 is 157 Å². The molecular weight excluding hydrogens is 1570 g/mol. The highest BCUT2D eigenvalue weighted by molar-refractivity contribution is 8.05. The molecule has 3 saturated carbocycles. The van der Waals surface area contributed by atoms with Crippen LogP contribution in [0.5, 0.6) is 0 Å². The topological polar surface area (TPSA) is 245 Å². The number of allylic oxidation sites excluding steroid dienone is 5. The average Bonchev–Trinajstić information content (AvgIpc) is 0.868. The average molecular weight is 1660 g/mol. The van der Waals surface area contributed by atoms with Crippen molar-refractivity contribution in [1.29, 1.82) is 0 Å². The predicted octanol–water partition coefficient (Wildman–Crippen LogP) is 17.1. The number of ether oxygens (including phenoxy) is 8. The van der Waals surface area contributed by atoms with E-state index in [1.54, 1.807) is 60.7 Å². The molecule has 590 valence electrons. The third-order valence-electron chi connectivity index (χ3n) is 24.6. The summed E-state index contributed by atoms with van der Waals surface area (Å²) in [6.07, 6.45) is 16.7. The van der Waals surface area contributed by atoms with E-state index in [2.05, 4.69) is 30.3 Å². The van der Waals surface area contributed by atoms with Gasteiger partial charge in [-0.2, -0.15) is 11.8 Å². The number of benzene rings is 6. The number of Topliss-reactive ketones (excluding diaryl/α,β-unsaturated/α-hetero) is 10. The number of ketones is 10. The maximum Gasteiger partial charge on any atom is 0.243 e. The highest BCUT2D eigenvalue weighted by Gasteiger charge is 2.54. The Morgan fingerprint density at radius 1 is 0.261 bits per heavy atom. The summed E-state index contributed by atoms with van der Waals surface area (Å²) in [7, 11) is 0. The van der Waals surface area contributed by atoms with Gasteiger partial charge in [-0.15, -0.1) is 58.8 Å². The molecule has 18 nitrogen and oxygen atoms in total. The Kier molecular flexibility index (Phi) is 21.6. The number of hydrogen-bond acceptors (Lipinski definition) is 24. The Balaban J connectivity index is 0.000000100. The highest BCUT2D eigenvalue weighted by atomic mass is 32.2. The first-order valence-electron chi connectivity index (χ1n) is 39.6. The molecule has 0 unspecified atom stereocenters. The quantitative estimate of drug-likeness (QED) is 0.139. The summed E-state index contributed by atoms with van der Waals surface area (Å²) in [5.41, 5.74) is 6.41. The maximum absolute atomic E-state index is 12.5. The summed E-state index contributed by atoms with van der Waals surface area (Å²) in [4.78, 5) is 125. The molecule has 8 heterocycles. The molecule has 0 atom stereocenters. The minimum absolute atomic E-state index is 0.143. The summed E-state index contributed by atoms with van der Waals surface area (Å²) < 4.78 is 49.0. The standard InChI is InChI=1S/C23H20O3S.C19H18O5S.C17H16O3S.C16H14O4S.C16H14O3S2/c24-19-17-8-4-5-9-18(17)21-22(20(19)25)27-14-23(26-21)12-10-16(11-13-23)15-6-2-1-3-7-15;20-14-12-3-1-2-4-13(12)16-17(15(14)21)25-11-18(24-16)5-7-19(8-6-18)22-9-10-23-19;18-13-11-6-2-3-7-12(11)15-16(14(13)19)21-10-17(20-15)8-4-1-5-9-17;17-12-10-3-1-2-4-11(10)14-15(13(12)18)21-9-16(20-14)5-7-19-8-6-16;17-12-10-3-1-2-4-11(10)14-15(13(12)18)21-9-16(19-14)5-7-20-8-6-16/h1-9,16H,10-14H2;1-4H,5-11H2;2-3,6-7H,1,4-5,8-10H2;2*1-4H,5-9H2. The fourth-order valence-electron chi connectivity index (χ4n) is 18.0. The van der Waals surface area contributed by atoms with Crippen molar-refractivity contribution in [2.45, 2.75) is 149 Å². The summed E-state index contributed by atoms with van der Waals surface area (Å²) in [5, 5.41) is 0. The van der Waals surface area contributed by atoms with E-state index in [4.69, 9.17) is 37.9 Å². The molecule has 0 radical (unpaired) electrons. The van der Waals surface area contributed by atoms with E-state index in [-0.39, 0.29) is 28.0 Å². The number of carbonyl (C=O) groups excluding carboxylic acids is 10. The first kappa shape index (κ1) is 77.9. The zero-order valence-corrected chi connectivity index (χ0v) is 68.0. The van der Waals surface area contributed by atoms with Gasteiger partial charge in [0, 0.05) is 110 Å². The van der Waals surface area contributed by atoms with Crippen LogP contribution in [0, 0.1) is 0 Å². The van der Waals surface area contributed by atoms with E-state index < -0.39 is 63.6 Å². The van der Waals surface area contributed by atoms with Gasteiger partial charge in [0.2, 0.25) is 57.8 Å². The Labute approximate surface area is 691 Å². The molecule has 8 aliphatic heterocycles. The van der Waals surface area contributed by atoms with Crippen LogP contribution in [0.3, 0.4) is 0 Å². The monoisotopic (exact) mass is 1650 g/mol. The second-order valence-corrected chi connectivity index (χ2v) is 37.9. The molecule has 22 rings (SSSR count). The Morgan fingerprint density at radius 3 is 0.870 bits per heavy atom. The molecule has 24 heteroatoms. The summed E-state index contributed by atoms with van der Waals surface area (Å²) in [5.74, 6) is 4.91. The minimum Gasteiger partial charge on any atom is -0.484 e.